The maximum absolute atomic E-state index is 13.4. The van der Waals surface area contributed by atoms with E-state index < -0.39 is 0 Å². The molecule has 0 radical (unpaired) electrons. The first-order valence-electron chi connectivity index (χ1n) is 8.30. The third kappa shape index (κ3) is 4.52. The molecule has 0 aliphatic carbocycles. The predicted octanol–water partition coefficient (Wildman–Crippen LogP) is 4.75. The van der Waals surface area contributed by atoms with Crippen molar-refractivity contribution in [2.45, 2.75) is 6.42 Å². The van der Waals surface area contributed by atoms with E-state index in [1.807, 2.05) is 36.2 Å². The van der Waals surface area contributed by atoms with Gasteiger partial charge in [-0.25, -0.2) is 0 Å². The molecular formula is C19H21ClN2OS2. The van der Waals surface area contributed by atoms with Crippen molar-refractivity contribution in [1.29, 1.82) is 0 Å². The Hall–Kier alpha value is -1.17. The molecule has 3 nitrogen and oxygen atoms in total. The second-order valence-corrected chi connectivity index (χ2v) is 8.33. The third-order valence-electron chi connectivity index (χ3n) is 4.31. The Labute approximate surface area is 162 Å². The van der Waals surface area contributed by atoms with Gasteiger partial charge in [0.1, 0.15) is 0 Å². The summed E-state index contributed by atoms with van der Waals surface area (Å²) in [6, 6.07) is 7.19. The average Bonchev–Trinajstić information content (AvgIpc) is 2.67. The van der Waals surface area contributed by atoms with Crippen molar-refractivity contribution in [3.05, 3.63) is 57.7 Å². The summed E-state index contributed by atoms with van der Waals surface area (Å²) in [6.45, 7) is 1.98. The molecule has 1 fully saturated rings. The van der Waals surface area contributed by atoms with E-state index >= 15 is 0 Å². The number of Topliss-reactive ketones (excluding diaryl/α,β-unsaturated/α-hetero) is 1. The van der Waals surface area contributed by atoms with Crippen molar-refractivity contribution in [1.82, 2.24) is 4.90 Å². The van der Waals surface area contributed by atoms with Gasteiger partial charge in [-0.1, -0.05) is 17.7 Å². The number of hydrogen-bond acceptors (Lipinski definition) is 5. The van der Waals surface area contributed by atoms with E-state index in [9.17, 15) is 4.79 Å². The first-order chi connectivity index (χ1) is 12.2. The van der Waals surface area contributed by atoms with Gasteiger partial charge in [0, 0.05) is 59.1 Å². The van der Waals surface area contributed by atoms with Gasteiger partial charge in [0.2, 0.25) is 0 Å². The number of hydrogen-bond donors (Lipinski definition) is 0. The summed E-state index contributed by atoms with van der Waals surface area (Å²) < 4.78 is 0. The van der Waals surface area contributed by atoms with Gasteiger partial charge in [0.05, 0.1) is 5.03 Å². The van der Waals surface area contributed by atoms with Crippen LogP contribution in [0.5, 0.6) is 0 Å². The summed E-state index contributed by atoms with van der Waals surface area (Å²) in [7, 11) is 0. The number of benzene rings is 1. The van der Waals surface area contributed by atoms with Crippen LogP contribution in [0.3, 0.4) is 0 Å². The number of thioether (sulfide) groups is 2. The lowest BCUT2D eigenvalue weighted by molar-refractivity contribution is 0.102. The van der Waals surface area contributed by atoms with E-state index in [1.165, 1.54) is 0 Å². The quantitative estimate of drug-likeness (QED) is 0.534. The Morgan fingerprint density at radius 3 is 2.60 bits per heavy atom. The van der Waals surface area contributed by atoms with Crippen LogP contribution in [-0.2, 0) is 0 Å². The van der Waals surface area contributed by atoms with E-state index in [0.717, 1.165) is 41.6 Å². The van der Waals surface area contributed by atoms with Crippen molar-refractivity contribution in [2.24, 2.45) is 10.9 Å². The highest BCUT2D eigenvalue weighted by Gasteiger charge is 2.28. The van der Waals surface area contributed by atoms with Crippen LogP contribution in [0.1, 0.15) is 16.8 Å². The summed E-state index contributed by atoms with van der Waals surface area (Å²) in [4.78, 5) is 19.9. The first-order valence-corrected chi connectivity index (χ1v) is 11.1. The minimum absolute atomic E-state index is 0.0673. The molecule has 0 saturated carbocycles. The Bertz CT molecular complexity index is 707. The van der Waals surface area contributed by atoms with Crippen LogP contribution >= 0.6 is 35.1 Å². The van der Waals surface area contributed by atoms with Crippen molar-refractivity contribution in [3.8, 4) is 0 Å². The zero-order chi connectivity index (χ0) is 17.6. The summed E-state index contributed by atoms with van der Waals surface area (Å²) in [6.07, 6.45) is 8.56. The maximum Gasteiger partial charge on any atom is 0.192 e. The molecule has 1 aromatic carbocycles. The van der Waals surface area contributed by atoms with Crippen LogP contribution in [-0.4, -0.2) is 47.7 Å². The molecule has 2 heterocycles. The summed E-state index contributed by atoms with van der Waals surface area (Å²) in [5, 5.41) is 1.75. The number of halogens is 1. The number of carbonyl (C=O) groups is 1. The molecule has 0 N–H and O–H groups in total. The van der Waals surface area contributed by atoms with E-state index in [-0.39, 0.29) is 11.7 Å². The van der Waals surface area contributed by atoms with E-state index in [2.05, 4.69) is 16.1 Å². The van der Waals surface area contributed by atoms with Crippen LogP contribution in [0, 0.1) is 5.92 Å². The highest BCUT2D eigenvalue weighted by molar-refractivity contribution is 8.02. The number of ketones is 1. The molecule has 6 heteroatoms. The zero-order valence-corrected chi connectivity index (χ0v) is 16.5. The normalized spacial score (nSPS) is 21.2. The molecule has 0 amide bonds. The standard InChI is InChI=1S/C19H21ClN2OS2/c1-24-19(22-10-12-25-13-11-22)17(14-6-8-21-9-7-14)18(23)15-2-4-16(20)5-3-15/h2-6,8-9,14H,7,10-13H2,1H3/b19-17-. The van der Waals surface area contributed by atoms with Crippen LogP contribution in [0.25, 0.3) is 0 Å². The number of nitrogens with zero attached hydrogens (tertiary/aromatic N) is 2. The van der Waals surface area contributed by atoms with Gasteiger partial charge >= 0.3 is 0 Å². The number of aliphatic imine (C=N–C) groups is 1. The Balaban J connectivity index is 2.02. The Morgan fingerprint density at radius 2 is 2.00 bits per heavy atom. The number of carbonyl (C=O) groups excluding carboxylic acids is 1. The maximum atomic E-state index is 13.4. The van der Waals surface area contributed by atoms with Gasteiger partial charge in [0.25, 0.3) is 0 Å². The summed E-state index contributed by atoms with van der Waals surface area (Å²) in [5.74, 6) is 2.37. The van der Waals surface area contributed by atoms with Gasteiger partial charge in [-0.2, -0.15) is 11.8 Å². The zero-order valence-electron chi connectivity index (χ0n) is 14.2. The van der Waals surface area contributed by atoms with Gasteiger partial charge in [0.15, 0.2) is 5.78 Å². The number of rotatable bonds is 5. The number of allylic oxidation sites excluding steroid dienone is 2. The van der Waals surface area contributed by atoms with Gasteiger partial charge in [-0.15, -0.1) is 11.8 Å². The van der Waals surface area contributed by atoms with Crippen molar-refractivity contribution in [3.63, 3.8) is 0 Å². The van der Waals surface area contributed by atoms with Gasteiger partial charge in [-0.05, 0) is 36.9 Å². The van der Waals surface area contributed by atoms with Crippen LogP contribution in [0.4, 0.5) is 0 Å². The summed E-state index contributed by atoms with van der Waals surface area (Å²) >= 11 is 9.64. The highest BCUT2D eigenvalue weighted by Crippen LogP contribution is 2.33. The van der Waals surface area contributed by atoms with Crippen LogP contribution in [0.15, 0.2) is 52.1 Å². The molecule has 25 heavy (non-hydrogen) atoms. The third-order valence-corrected chi connectivity index (χ3v) is 6.37. The molecule has 0 bridgehead atoms. The molecule has 0 spiro atoms. The molecular weight excluding hydrogens is 372 g/mol. The Morgan fingerprint density at radius 1 is 1.28 bits per heavy atom. The average molecular weight is 393 g/mol. The fourth-order valence-electron chi connectivity index (χ4n) is 3.04. The molecule has 1 aromatic rings. The molecule has 3 rings (SSSR count). The van der Waals surface area contributed by atoms with Crippen molar-refractivity contribution >= 4 is 47.1 Å². The lowest BCUT2D eigenvalue weighted by Gasteiger charge is -2.33. The fourth-order valence-corrected chi connectivity index (χ4v) is 4.97. The second-order valence-electron chi connectivity index (χ2n) is 5.87. The minimum Gasteiger partial charge on any atom is -0.364 e. The van der Waals surface area contributed by atoms with Crippen LogP contribution in [0.2, 0.25) is 5.02 Å². The first kappa shape index (κ1) is 18.6. The van der Waals surface area contributed by atoms with Gasteiger partial charge < -0.3 is 4.90 Å². The predicted molar refractivity (Wildman–Crippen MR) is 111 cm³/mol. The molecule has 0 aromatic heterocycles. The largest absolute Gasteiger partial charge is 0.364 e. The molecule has 1 atom stereocenters. The molecule has 132 valence electrons. The van der Waals surface area contributed by atoms with E-state index in [1.54, 1.807) is 30.1 Å². The smallest absolute Gasteiger partial charge is 0.192 e. The minimum atomic E-state index is 0.0673. The van der Waals surface area contributed by atoms with Gasteiger partial charge in [-0.3, -0.25) is 9.79 Å². The Kier molecular flexibility index (Phi) is 6.68. The monoisotopic (exact) mass is 392 g/mol. The summed E-state index contributed by atoms with van der Waals surface area (Å²) in [5.41, 5.74) is 1.57. The van der Waals surface area contributed by atoms with Crippen molar-refractivity contribution in [2.75, 3.05) is 30.9 Å². The molecule has 1 saturated heterocycles. The van der Waals surface area contributed by atoms with Crippen LogP contribution < -0.4 is 0 Å². The topological polar surface area (TPSA) is 32.7 Å². The van der Waals surface area contributed by atoms with E-state index in [0.29, 0.717) is 10.6 Å². The van der Waals surface area contributed by atoms with E-state index in [4.69, 9.17) is 11.6 Å². The molecule has 1 unspecified atom stereocenters. The highest BCUT2D eigenvalue weighted by atomic mass is 35.5. The fraction of sp³-hybridized carbons (Fsp3) is 0.368. The van der Waals surface area contributed by atoms with Crippen molar-refractivity contribution < 1.29 is 4.79 Å². The molecule has 2 aliphatic rings. The SMILES string of the molecule is CS/C(=C(\C(=O)c1ccc(Cl)cc1)C1C=CN=CC1)N1CCSCC1. The lowest BCUT2D eigenvalue weighted by atomic mass is 9.89. The second kappa shape index (κ2) is 8.97. The lowest BCUT2D eigenvalue weighted by Crippen LogP contribution is -2.33. The molecule has 2 aliphatic heterocycles.